The molecule has 2 aromatic rings. The Kier molecular flexibility index (Phi) is 4.55. The third-order valence-electron chi connectivity index (χ3n) is 4.09. The summed E-state index contributed by atoms with van der Waals surface area (Å²) in [7, 11) is 1.40. The molecular weight excluding hydrogens is 328 g/mol. The second-order valence-corrected chi connectivity index (χ2v) is 5.55. The van der Waals surface area contributed by atoms with Gasteiger partial charge in [-0.15, -0.1) is 0 Å². The van der Waals surface area contributed by atoms with Gasteiger partial charge in [-0.1, -0.05) is 0 Å². The van der Waals surface area contributed by atoms with E-state index in [9.17, 15) is 14.9 Å². The first-order chi connectivity index (χ1) is 12.0. The summed E-state index contributed by atoms with van der Waals surface area (Å²) in [6.45, 7) is 3.33. The summed E-state index contributed by atoms with van der Waals surface area (Å²) in [4.78, 5) is 24.5. The predicted molar refractivity (Wildman–Crippen MR) is 89.1 cm³/mol. The quantitative estimate of drug-likeness (QED) is 0.448. The molecule has 1 aliphatic rings. The van der Waals surface area contributed by atoms with E-state index in [1.165, 1.54) is 13.2 Å². The molecule has 1 aromatic carbocycles. The Bertz CT molecular complexity index is 798. The minimum atomic E-state index is -0.475. The molecule has 0 N–H and O–H groups in total. The molecule has 9 heteroatoms. The number of hydrogen-bond acceptors (Lipinski definition) is 7. The molecule has 0 unspecified atom stereocenters. The van der Waals surface area contributed by atoms with E-state index in [-0.39, 0.29) is 17.5 Å². The highest BCUT2D eigenvalue weighted by atomic mass is 16.6. The largest absolute Gasteiger partial charge is 0.490 e. The highest BCUT2D eigenvalue weighted by Crippen LogP contribution is 2.35. The first kappa shape index (κ1) is 16.7. The molecule has 0 radical (unpaired) electrons. The SMILES string of the molecule is CCOC(=O)c1ccnn1C1CN(c2ccc([N+](=O)[O-])c(OC)c2)C1. The molecule has 0 atom stereocenters. The number of ether oxygens (including phenoxy) is 2. The van der Waals surface area contributed by atoms with Gasteiger partial charge in [-0.2, -0.15) is 5.10 Å². The lowest BCUT2D eigenvalue weighted by atomic mass is 10.1. The fraction of sp³-hybridized carbons (Fsp3) is 0.375. The van der Waals surface area contributed by atoms with Gasteiger partial charge in [0.15, 0.2) is 5.75 Å². The van der Waals surface area contributed by atoms with Gasteiger partial charge < -0.3 is 14.4 Å². The van der Waals surface area contributed by atoms with E-state index in [0.29, 0.717) is 25.4 Å². The van der Waals surface area contributed by atoms with Crippen LogP contribution in [0, 0.1) is 10.1 Å². The Balaban J connectivity index is 1.72. The lowest BCUT2D eigenvalue weighted by Gasteiger charge is -2.41. The second-order valence-electron chi connectivity index (χ2n) is 5.55. The average Bonchev–Trinajstić information content (AvgIpc) is 3.02. The molecule has 0 spiro atoms. The molecule has 1 fully saturated rings. The van der Waals surface area contributed by atoms with Crippen LogP contribution in [0.25, 0.3) is 0 Å². The van der Waals surface area contributed by atoms with Crippen LogP contribution < -0.4 is 9.64 Å². The van der Waals surface area contributed by atoms with Crippen LogP contribution in [0.3, 0.4) is 0 Å². The first-order valence-electron chi connectivity index (χ1n) is 7.83. The lowest BCUT2D eigenvalue weighted by Crippen LogP contribution is -2.48. The topological polar surface area (TPSA) is 99.7 Å². The Morgan fingerprint density at radius 3 is 2.80 bits per heavy atom. The highest BCUT2D eigenvalue weighted by molar-refractivity contribution is 5.87. The molecule has 0 saturated carbocycles. The van der Waals surface area contributed by atoms with Crippen molar-refractivity contribution in [3.05, 3.63) is 46.3 Å². The molecule has 1 saturated heterocycles. The molecule has 25 heavy (non-hydrogen) atoms. The third kappa shape index (κ3) is 3.12. The summed E-state index contributed by atoms with van der Waals surface area (Å²) in [6, 6.07) is 6.43. The van der Waals surface area contributed by atoms with Crippen molar-refractivity contribution in [2.45, 2.75) is 13.0 Å². The van der Waals surface area contributed by atoms with Gasteiger partial charge in [0.25, 0.3) is 0 Å². The molecule has 2 heterocycles. The fourth-order valence-corrected chi connectivity index (χ4v) is 2.81. The van der Waals surface area contributed by atoms with Crippen molar-refractivity contribution in [1.82, 2.24) is 9.78 Å². The number of benzene rings is 1. The summed E-state index contributed by atoms with van der Waals surface area (Å²) in [5.74, 6) is -0.173. The van der Waals surface area contributed by atoms with E-state index < -0.39 is 10.9 Å². The number of anilines is 1. The van der Waals surface area contributed by atoms with E-state index in [1.807, 2.05) is 4.90 Å². The van der Waals surface area contributed by atoms with Crippen LogP contribution >= 0.6 is 0 Å². The number of carbonyl (C=O) groups is 1. The van der Waals surface area contributed by atoms with Gasteiger partial charge in [-0.3, -0.25) is 14.8 Å². The van der Waals surface area contributed by atoms with Crippen LogP contribution in [-0.2, 0) is 4.74 Å². The number of esters is 1. The number of nitro benzene ring substituents is 1. The Labute approximate surface area is 143 Å². The van der Waals surface area contributed by atoms with E-state index in [0.717, 1.165) is 5.69 Å². The maximum Gasteiger partial charge on any atom is 0.356 e. The highest BCUT2D eigenvalue weighted by Gasteiger charge is 2.32. The summed E-state index contributed by atoms with van der Waals surface area (Å²) in [5.41, 5.74) is 1.18. The van der Waals surface area contributed by atoms with E-state index in [2.05, 4.69) is 5.10 Å². The van der Waals surface area contributed by atoms with Gasteiger partial charge in [0.1, 0.15) is 5.69 Å². The van der Waals surface area contributed by atoms with E-state index >= 15 is 0 Å². The lowest BCUT2D eigenvalue weighted by molar-refractivity contribution is -0.385. The minimum Gasteiger partial charge on any atom is -0.490 e. The standard InChI is InChI=1S/C16H18N4O5/c1-3-25-16(21)14-6-7-17-19(14)12-9-18(10-12)11-4-5-13(20(22)23)15(8-11)24-2/h4-8,12H,3,9-10H2,1-2H3. The van der Waals surface area contributed by atoms with Crippen molar-refractivity contribution in [3.63, 3.8) is 0 Å². The third-order valence-corrected chi connectivity index (χ3v) is 4.09. The zero-order valence-electron chi connectivity index (χ0n) is 13.9. The van der Waals surface area contributed by atoms with Gasteiger partial charge in [0.2, 0.25) is 0 Å². The van der Waals surface area contributed by atoms with Crippen LogP contribution in [-0.4, -0.2) is 47.5 Å². The van der Waals surface area contributed by atoms with Crippen LogP contribution in [0.1, 0.15) is 23.5 Å². The summed E-state index contributed by atoms with van der Waals surface area (Å²) >= 11 is 0. The van der Waals surface area contributed by atoms with Crippen LogP contribution in [0.4, 0.5) is 11.4 Å². The van der Waals surface area contributed by atoms with Gasteiger partial charge in [-0.05, 0) is 19.1 Å². The van der Waals surface area contributed by atoms with Gasteiger partial charge in [-0.25, -0.2) is 4.79 Å². The maximum absolute atomic E-state index is 11.9. The molecule has 0 aliphatic carbocycles. The number of hydrogen-bond donors (Lipinski definition) is 0. The average molecular weight is 346 g/mol. The van der Waals surface area contributed by atoms with E-state index in [1.54, 1.807) is 36.0 Å². The van der Waals surface area contributed by atoms with Crippen molar-refractivity contribution in [1.29, 1.82) is 0 Å². The van der Waals surface area contributed by atoms with Crippen molar-refractivity contribution in [3.8, 4) is 5.75 Å². The van der Waals surface area contributed by atoms with Gasteiger partial charge in [0.05, 0.1) is 24.7 Å². The maximum atomic E-state index is 11.9. The number of nitrogens with zero attached hydrogens (tertiary/aromatic N) is 4. The zero-order chi connectivity index (χ0) is 18.0. The number of carbonyl (C=O) groups excluding carboxylic acids is 1. The summed E-state index contributed by atoms with van der Waals surface area (Å²) in [5, 5.41) is 15.2. The number of rotatable bonds is 6. The Morgan fingerprint density at radius 2 is 2.16 bits per heavy atom. The number of nitro groups is 1. The normalized spacial score (nSPS) is 14.1. The van der Waals surface area contributed by atoms with Crippen LogP contribution in [0.2, 0.25) is 0 Å². The van der Waals surface area contributed by atoms with Crippen molar-refractivity contribution < 1.29 is 19.2 Å². The summed E-state index contributed by atoms with van der Waals surface area (Å²) in [6.07, 6.45) is 1.57. The fourth-order valence-electron chi connectivity index (χ4n) is 2.81. The van der Waals surface area contributed by atoms with E-state index in [4.69, 9.17) is 9.47 Å². The molecule has 1 aromatic heterocycles. The van der Waals surface area contributed by atoms with Crippen molar-refractivity contribution in [2.24, 2.45) is 0 Å². The molecular formula is C16H18N4O5. The monoisotopic (exact) mass is 346 g/mol. The first-order valence-corrected chi connectivity index (χ1v) is 7.83. The summed E-state index contributed by atoms with van der Waals surface area (Å²) < 4.78 is 11.8. The molecule has 3 rings (SSSR count). The van der Waals surface area contributed by atoms with Crippen LogP contribution in [0.15, 0.2) is 30.5 Å². The molecule has 9 nitrogen and oxygen atoms in total. The smallest absolute Gasteiger partial charge is 0.356 e. The molecule has 132 valence electrons. The molecule has 1 aliphatic heterocycles. The Morgan fingerprint density at radius 1 is 1.40 bits per heavy atom. The predicted octanol–water partition coefficient (Wildman–Crippen LogP) is 2.04. The van der Waals surface area contributed by atoms with Gasteiger partial charge in [0, 0.05) is 37.1 Å². The molecule has 0 amide bonds. The van der Waals surface area contributed by atoms with Crippen molar-refractivity contribution in [2.75, 3.05) is 31.7 Å². The molecule has 0 bridgehead atoms. The van der Waals surface area contributed by atoms with Crippen molar-refractivity contribution >= 4 is 17.3 Å². The number of methoxy groups -OCH3 is 1. The van der Waals surface area contributed by atoms with Gasteiger partial charge >= 0.3 is 11.7 Å². The minimum absolute atomic E-state index is 0.0376. The Hall–Kier alpha value is -3.10. The second kappa shape index (κ2) is 6.80. The van der Waals surface area contributed by atoms with Crippen LogP contribution in [0.5, 0.6) is 5.75 Å². The number of aromatic nitrogens is 2. The zero-order valence-corrected chi connectivity index (χ0v) is 13.9.